The number of unbranched alkanes of at least 4 members (excludes halogenated alkanes) is 1. The van der Waals surface area contributed by atoms with E-state index in [4.69, 9.17) is 4.74 Å². The topological polar surface area (TPSA) is 105 Å². The number of fused-ring (bicyclic) bond motifs is 3. The van der Waals surface area contributed by atoms with Gasteiger partial charge in [-0.05, 0) is 40.5 Å². The molecule has 1 unspecified atom stereocenters. The lowest BCUT2D eigenvalue weighted by Crippen LogP contribution is -2.52. The summed E-state index contributed by atoms with van der Waals surface area (Å²) in [6.45, 7) is 7.97. The van der Waals surface area contributed by atoms with E-state index in [9.17, 15) is 19.5 Å². The Kier molecular flexibility index (Phi) is 8.54. The lowest BCUT2D eigenvalue weighted by molar-refractivity contribution is -0.142. The number of nitrogens with one attached hydrogen (secondary N) is 2. The molecule has 1 aliphatic rings. The second-order valence-corrected chi connectivity index (χ2v) is 10.3. The summed E-state index contributed by atoms with van der Waals surface area (Å²) >= 11 is 0. The summed E-state index contributed by atoms with van der Waals surface area (Å²) in [4.78, 5) is 37.4. The van der Waals surface area contributed by atoms with Crippen molar-refractivity contribution in [2.24, 2.45) is 5.41 Å². The van der Waals surface area contributed by atoms with Crippen LogP contribution in [0.2, 0.25) is 0 Å². The number of benzene rings is 2. The molecule has 3 N–H and O–H groups in total. The van der Waals surface area contributed by atoms with E-state index in [2.05, 4.69) is 22.8 Å². The Morgan fingerprint density at radius 2 is 1.51 bits per heavy atom. The van der Waals surface area contributed by atoms with Crippen molar-refractivity contribution in [3.8, 4) is 11.1 Å². The molecule has 7 heteroatoms. The zero-order valence-electron chi connectivity index (χ0n) is 21.0. The Hall–Kier alpha value is -3.35. The number of alkyl carbamates (subject to hydrolysis) is 1. The molecule has 2 aromatic carbocycles. The van der Waals surface area contributed by atoms with E-state index in [0.29, 0.717) is 19.3 Å². The van der Waals surface area contributed by atoms with Crippen LogP contribution in [0.3, 0.4) is 0 Å². The third kappa shape index (κ3) is 6.84. The number of aliphatic carboxylic acids is 1. The van der Waals surface area contributed by atoms with E-state index in [0.717, 1.165) is 28.7 Å². The first-order valence-electron chi connectivity index (χ1n) is 12.3. The molecule has 2 aromatic rings. The molecule has 3 rings (SSSR count). The zero-order valence-corrected chi connectivity index (χ0v) is 21.0. The van der Waals surface area contributed by atoms with Crippen molar-refractivity contribution in [3.63, 3.8) is 0 Å². The summed E-state index contributed by atoms with van der Waals surface area (Å²) in [6.07, 6.45) is 1.48. The number of carboxylic acids is 1. The average molecular weight is 481 g/mol. The maximum absolute atomic E-state index is 13.0. The molecule has 1 aliphatic carbocycles. The number of amides is 2. The lowest BCUT2D eigenvalue weighted by Gasteiger charge is -2.27. The highest BCUT2D eigenvalue weighted by molar-refractivity contribution is 5.89. The first kappa shape index (κ1) is 26.3. The number of ether oxygens (including phenoxy) is 1. The average Bonchev–Trinajstić information content (AvgIpc) is 3.12. The molecule has 0 heterocycles. The molecule has 188 valence electrons. The van der Waals surface area contributed by atoms with E-state index in [1.54, 1.807) is 0 Å². The highest BCUT2D eigenvalue weighted by atomic mass is 16.5. The molecule has 7 nitrogen and oxygen atoms in total. The number of carboxylic acid groups (broad SMARTS) is 1. The van der Waals surface area contributed by atoms with Crippen LogP contribution in [-0.2, 0) is 14.3 Å². The lowest BCUT2D eigenvalue weighted by atomic mass is 9.87. The van der Waals surface area contributed by atoms with Gasteiger partial charge in [0.2, 0.25) is 5.91 Å². The Bertz CT molecular complexity index is 1010. The van der Waals surface area contributed by atoms with Crippen LogP contribution >= 0.6 is 0 Å². The number of hydrogen-bond donors (Lipinski definition) is 3. The van der Waals surface area contributed by atoms with Crippen molar-refractivity contribution in [2.75, 3.05) is 6.61 Å². The normalized spacial score (nSPS) is 14.4. The highest BCUT2D eigenvalue weighted by Gasteiger charge is 2.32. The SMILES string of the molecule is CCCC[C@H](NC(=O)C(CC(C)(C)C)NC(=O)OCC1c2ccccc2-c2ccccc21)C(=O)O. The summed E-state index contributed by atoms with van der Waals surface area (Å²) < 4.78 is 5.61. The molecule has 2 atom stereocenters. The van der Waals surface area contributed by atoms with Gasteiger partial charge in [0.15, 0.2) is 0 Å². The summed E-state index contributed by atoms with van der Waals surface area (Å²) in [7, 11) is 0. The minimum atomic E-state index is -1.08. The van der Waals surface area contributed by atoms with E-state index in [1.165, 1.54) is 0 Å². The molecule has 0 spiro atoms. The third-order valence-electron chi connectivity index (χ3n) is 6.23. The van der Waals surface area contributed by atoms with E-state index in [1.807, 2.05) is 64.1 Å². The number of carbonyl (C=O) groups is 3. The van der Waals surface area contributed by atoms with Gasteiger partial charge in [0.1, 0.15) is 18.7 Å². The van der Waals surface area contributed by atoms with Gasteiger partial charge in [-0.1, -0.05) is 89.1 Å². The summed E-state index contributed by atoms with van der Waals surface area (Å²) in [5.41, 5.74) is 4.19. The molecule has 0 aromatic heterocycles. The van der Waals surface area contributed by atoms with Crippen molar-refractivity contribution < 1.29 is 24.2 Å². The van der Waals surface area contributed by atoms with Gasteiger partial charge in [0, 0.05) is 5.92 Å². The molecule has 0 saturated carbocycles. The van der Waals surface area contributed by atoms with Gasteiger partial charge < -0.3 is 20.5 Å². The first-order valence-corrected chi connectivity index (χ1v) is 12.3. The fraction of sp³-hybridized carbons (Fsp3) is 0.464. The summed E-state index contributed by atoms with van der Waals surface area (Å²) in [6, 6.07) is 14.2. The maximum Gasteiger partial charge on any atom is 0.407 e. The van der Waals surface area contributed by atoms with Crippen LogP contribution in [0.4, 0.5) is 4.79 Å². The Labute approximate surface area is 207 Å². The summed E-state index contributed by atoms with van der Waals surface area (Å²) in [5, 5.41) is 14.8. The van der Waals surface area contributed by atoms with Crippen LogP contribution in [0.15, 0.2) is 48.5 Å². The highest BCUT2D eigenvalue weighted by Crippen LogP contribution is 2.44. The van der Waals surface area contributed by atoms with Crippen LogP contribution < -0.4 is 10.6 Å². The van der Waals surface area contributed by atoms with Crippen molar-refractivity contribution in [3.05, 3.63) is 59.7 Å². The predicted octanol–water partition coefficient (Wildman–Crippen LogP) is 5.09. The molecule has 0 bridgehead atoms. The van der Waals surface area contributed by atoms with Gasteiger partial charge in [-0.2, -0.15) is 0 Å². The van der Waals surface area contributed by atoms with Gasteiger partial charge in [0.25, 0.3) is 0 Å². The Morgan fingerprint density at radius 3 is 2.03 bits per heavy atom. The molecule has 0 aliphatic heterocycles. The van der Waals surface area contributed by atoms with Crippen molar-refractivity contribution in [1.82, 2.24) is 10.6 Å². The largest absolute Gasteiger partial charge is 0.480 e. The van der Waals surface area contributed by atoms with Crippen LogP contribution in [0.5, 0.6) is 0 Å². The van der Waals surface area contributed by atoms with Crippen molar-refractivity contribution in [1.29, 1.82) is 0 Å². The fourth-order valence-electron chi connectivity index (χ4n) is 4.54. The van der Waals surface area contributed by atoms with E-state index >= 15 is 0 Å². The van der Waals surface area contributed by atoms with Crippen LogP contribution in [-0.4, -0.2) is 41.8 Å². The first-order chi connectivity index (χ1) is 16.6. The Balaban J connectivity index is 1.68. The molecule has 0 fully saturated rings. The second-order valence-electron chi connectivity index (χ2n) is 10.3. The zero-order chi connectivity index (χ0) is 25.6. The number of hydrogen-bond acceptors (Lipinski definition) is 4. The van der Waals surface area contributed by atoms with Crippen LogP contribution in [0.25, 0.3) is 11.1 Å². The molecular formula is C28H36N2O5. The van der Waals surface area contributed by atoms with Gasteiger partial charge in [-0.15, -0.1) is 0 Å². The summed E-state index contributed by atoms with van der Waals surface area (Å²) in [5.74, 6) is -1.69. The number of rotatable bonds is 10. The van der Waals surface area contributed by atoms with E-state index < -0.39 is 30.1 Å². The maximum atomic E-state index is 13.0. The standard InChI is InChI=1S/C28H36N2O5/c1-5-6-15-23(26(32)33)29-25(31)24(16-28(2,3)4)30-27(34)35-17-22-20-13-9-7-11-18(20)19-12-8-10-14-21(19)22/h7-14,22-24H,5-6,15-17H2,1-4H3,(H,29,31)(H,30,34)(H,32,33)/t23-,24?/m0/s1. The molecule has 0 saturated heterocycles. The molecular weight excluding hydrogens is 444 g/mol. The van der Waals surface area contributed by atoms with Crippen LogP contribution in [0, 0.1) is 5.41 Å². The smallest absolute Gasteiger partial charge is 0.407 e. The predicted molar refractivity (Wildman–Crippen MR) is 135 cm³/mol. The van der Waals surface area contributed by atoms with Crippen molar-refractivity contribution in [2.45, 2.75) is 71.4 Å². The third-order valence-corrected chi connectivity index (χ3v) is 6.23. The molecule has 2 amide bonds. The van der Waals surface area contributed by atoms with E-state index in [-0.39, 0.29) is 17.9 Å². The molecule has 35 heavy (non-hydrogen) atoms. The van der Waals surface area contributed by atoms with Crippen molar-refractivity contribution >= 4 is 18.0 Å². The minimum Gasteiger partial charge on any atom is -0.480 e. The molecule has 0 radical (unpaired) electrons. The minimum absolute atomic E-state index is 0.0894. The van der Waals surface area contributed by atoms with Gasteiger partial charge in [-0.3, -0.25) is 4.79 Å². The van der Waals surface area contributed by atoms with Gasteiger partial charge in [-0.25, -0.2) is 9.59 Å². The second kappa shape index (κ2) is 11.4. The Morgan fingerprint density at radius 1 is 0.943 bits per heavy atom. The quantitative estimate of drug-likeness (QED) is 0.439. The van der Waals surface area contributed by atoms with Crippen LogP contribution in [0.1, 0.15) is 70.4 Å². The number of carbonyl (C=O) groups excluding carboxylic acids is 2. The monoisotopic (exact) mass is 480 g/mol. The van der Waals surface area contributed by atoms with Gasteiger partial charge in [0.05, 0.1) is 0 Å². The fourth-order valence-corrected chi connectivity index (χ4v) is 4.54. The van der Waals surface area contributed by atoms with Gasteiger partial charge >= 0.3 is 12.1 Å².